The first-order chi connectivity index (χ1) is 18.2. The van der Waals surface area contributed by atoms with Crippen molar-refractivity contribution in [2.45, 2.75) is 30.6 Å². The molecule has 39 heavy (non-hydrogen) atoms. The van der Waals surface area contributed by atoms with E-state index in [1.165, 1.54) is 0 Å². The molecule has 4 aromatic heterocycles. The second-order valence-corrected chi connectivity index (χ2v) is 8.43. The Bertz CT molecular complexity index is 1390. The number of nitrogens with zero attached hydrogens (tertiary/aromatic N) is 4. The number of pyridine rings is 4. The van der Waals surface area contributed by atoms with Crippen molar-refractivity contribution in [3.05, 3.63) is 95.8 Å². The van der Waals surface area contributed by atoms with E-state index in [0.29, 0.717) is 0 Å². The minimum atomic E-state index is -5.20. The fourth-order valence-corrected chi connectivity index (χ4v) is 4.15. The van der Waals surface area contributed by atoms with E-state index in [1.54, 1.807) is 0 Å². The highest BCUT2D eigenvalue weighted by atomic mass is 19.4. The smallest absolute Gasteiger partial charge is 0.252 e. The predicted octanol–water partition coefficient (Wildman–Crippen LogP) is 7.35. The molecule has 4 heterocycles. The number of halogens is 10. The first kappa shape index (κ1) is 27.9. The van der Waals surface area contributed by atoms with Crippen molar-refractivity contribution in [2.75, 3.05) is 0 Å². The lowest BCUT2D eigenvalue weighted by Crippen LogP contribution is -2.40. The van der Waals surface area contributed by atoms with Gasteiger partial charge in [0.1, 0.15) is 0 Å². The van der Waals surface area contributed by atoms with E-state index in [0.717, 1.165) is 60.7 Å². The van der Waals surface area contributed by atoms with E-state index in [4.69, 9.17) is 0 Å². The zero-order chi connectivity index (χ0) is 28.6. The Labute approximate surface area is 213 Å². The van der Waals surface area contributed by atoms with E-state index in [1.807, 2.05) is 0 Å². The van der Waals surface area contributed by atoms with Gasteiger partial charge < -0.3 is 0 Å². The zero-order valence-corrected chi connectivity index (χ0v) is 19.3. The molecule has 0 aliphatic carbocycles. The highest BCUT2D eigenvalue weighted by Gasteiger charge is 2.53. The van der Waals surface area contributed by atoms with Crippen LogP contribution in [0.1, 0.15) is 24.2 Å². The molecule has 0 atom stereocenters. The van der Waals surface area contributed by atoms with Gasteiger partial charge in [-0.1, -0.05) is 12.1 Å². The number of aromatic nitrogens is 4. The molecule has 0 bridgehead atoms. The van der Waals surface area contributed by atoms with Crippen molar-refractivity contribution in [3.8, 4) is 22.5 Å². The molecule has 0 saturated heterocycles. The van der Waals surface area contributed by atoms with Crippen LogP contribution in [0.25, 0.3) is 22.5 Å². The topological polar surface area (TPSA) is 51.6 Å². The van der Waals surface area contributed by atoms with E-state index >= 15 is 0 Å². The third kappa shape index (κ3) is 6.32. The molecular weight excluding hydrogens is 546 g/mol. The van der Waals surface area contributed by atoms with E-state index in [-0.39, 0.29) is 0 Å². The van der Waals surface area contributed by atoms with Crippen LogP contribution < -0.4 is 0 Å². The Morgan fingerprint density at radius 1 is 0.487 bits per heavy atom. The summed E-state index contributed by atoms with van der Waals surface area (Å²) >= 11 is 0. The molecule has 0 saturated carbocycles. The fourth-order valence-electron chi connectivity index (χ4n) is 4.15. The summed E-state index contributed by atoms with van der Waals surface area (Å²) in [7, 11) is 0. The molecule has 0 aromatic carbocycles. The average Bonchev–Trinajstić information content (AvgIpc) is 2.82. The standard InChI is InChI=1S/C25H14F10N4/c26-19-9-7-13(21(28)38-19)15-3-1-5-17(36-15)23(11-24(30,31)32,12-25(33,34)35)18-6-2-4-16(37-18)14-8-10-20(27)39-22(14)29/h1-10H,11-12H2. The Kier molecular flexibility index (Phi) is 7.32. The van der Waals surface area contributed by atoms with Crippen LogP contribution in [0, 0.1) is 23.8 Å². The Hall–Kier alpha value is -4.10. The molecule has 14 heteroatoms. The fraction of sp³-hybridized carbons (Fsp3) is 0.200. The van der Waals surface area contributed by atoms with Crippen LogP contribution in [0.4, 0.5) is 43.9 Å². The number of hydrogen-bond donors (Lipinski definition) is 0. The van der Waals surface area contributed by atoms with Crippen LogP contribution in [0.5, 0.6) is 0 Å². The highest BCUT2D eigenvalue weighted by Crippen LogP contribution is 2.48. The first-order valence-corrected chi connectivity index (χ1v) is 10.9. The molecule has 0 amide bonds. The minimum absolute atomic E-state index is 0.420. The Balaban J connectivity index is 1.99. The summed E-state index contributed by atoms with van der Waals surface area (Å²) in [4.78, 5) is 13.7. The van der Waals surface area contributed by atoms with Gasteiger partial charge in [0, 0.05) is 0 Å². The van der Waals surface area contributed by atoms with Gasteiger partial charge in [-0.05, 0) is 48.5 Å². The summed E-state index contributed by atoms with van der Waals surface area (Å²) < 4.78 is 139. The second kappa shape index (κ2) is 10.2. The molecule has 4 aromatic rings. The maximum atomic E-state index is 14.3. The van der Waals surface area contributed by atoms with Crippen LogP contribution >= 0.6 is 0 Å². The third-order valence-corrected chi connectivity index (χ3v) is 5.66. The second-order valence-electron chi connectivity index (χ2n) is 8.43. The summed E-state index contributed by atoms with van der Waals surface area (Å²) in [6.07, 6.45) is -14.6. The largest absolute Gasteiger partial charge is 0.390 e. The lowest BCUT2D eigenvalue weighted by molar-refractivity contribution is -0.175. The third-order valence-electron chi connectivity index (χ3n) is 5.66. The monoisotopic (exact) mass is 560 g/mol. The van der Waals surface area contributed by atoms with Gasteiger partial charge in [-0.15, -0.1) is 0 Å². The molecule has 0 aliphatic heterocycles. The van der Waals surface area contributed by atoms with Crippen LogP contribution in [0.15, 0.2) is 60.7 Å². The summed E-state index contributed by atoms with van der Waals surface area (Å²) in [5.74, 6) is -5.20. The zero-order valence-electron chi connectivity index (χ0n) is 19.3. The van der Waals surface area contributed by atoms with E-state index in [2.05, 4.69) is 19.9 Å². The molecule has 0 unspecified atom stereocenters. The molecule has 4 nitrogen and oxygen atoms in total. The van der Waals surface area contributed by atoms with Gasteiger partial charge >= 0.3 is 12.4 Å². The summed E-state index contributed by atoms with van der Waals surface area (Å²) in [6.45, 7) is 0. The Morgan fingerprint density at radius 3 is 1.21 bits per heavy atom. The average molecular weight is 560 g/mol. The molecular formula is C25H14F10N4. The quantitative estimate of drug-likeness (QED) is 0.183. The van der Waals surface area contributed by atoms with Gasteiger partial charge in [-0.2, -0.15) is 53.9 Å². The van der Waals surface area contributed by atoms with Gasteiger partial charge in [-0.3, -0.25) is 9.97 Å². The van der Waals surface area contributed by atoms with Crippen molar-refractivity contribution in [1.29, 1.82) is 0 Å². The summed E-state index contributed by atoms with van der Waals surface area (Å²) in [6, 6.07) is 9.28. The maximum Gasteiger partial charge on any atom is 0.390 e. The number of alkyl halides is 6. The number of hydrogen-bond acceptors (Lipinski definition) is 4. The number of rotatable bonds is 6. The van der Waals surface area contributed by atoms with Gasteiger partial charge in [0.05, 0.1) is 52.2 Å². The Morgan fingerprint density at radius 2 is 0.872 bits per heavy atom. The molecule has 0 spiro atoms. The lowest BCUT2D eigenvalue weighted by atomic mass is 9.73. The normalized spacial score (nSPS) is 12.6. The minimum Gasteiger partial charge on any atom is -0.252 e. The van der Waals surface area contributed by atoms with Gasteiger partial charge in [0.25, 0.3) is 0 Å². The van der Waals surface area contributed by atoms with Crippen molar-refractivity contribution < 1.29 is 43.9 Å². The van der Waals surface area contributed by atoms with E-state index in [9.17, 15) is 43.9 Å². The van der Waals surface area contributed by atoms with Crippen LogP contribution in [0.2, 0.25) is 0 Å². The summed E-state index contributed by atoms with van der Waals surface area (Å²) in [5, 5.41) is 0. The molecule has 0 aliphatic rings. The highest BCUT2D eigenvalue weighted by molar-refractivity contribution is 5.61. The lowest BCUT2D eigenvalue weighted by Gasteiger charge is -2.35. The molecule has 0 N–H and O–H groups in total. The van der Waals surface area contributed by atoms with Gasteiger partial charge in [-0.25, -0.2) is 0 Å². The van der Waals surface area contributed by atoms with Crippen molar-refractivity contribution in [2.24, 2.45) is 0 Å². The van der Waals surface area contributed by atoms with Crippen molar-refractivity contribution in [1.82, 2.24) is 19.9 Å². The van der Waals surface area contributed by atoms with Crippen LogP contribution in [0.3, 0.4) is 0 Å². The predicted molar refractivity (Wildman–Crippen MR) is 117 cm³/mol. The van der Waals surface area contributed by atoms with Crippen LogP contribution in [-0.4, -0.2) is 32.3 Å². The van der Waals surface area contributed by atoms with Gasteiger partial charge in [0.2, 0.25) is 23.8 Å². The van der Waals surface area contributed by atoms with Crippen molar-refractivity contribution in [3.63, 3.8) is 0 Å². The van der Waals surface area contributed by atoms with Crippen molar-refractivity contribution >= 4 is 0 Å². The molecule has 4 rings (SSSR count). The summed E-state index contributed by atoms with van der Waals surface area (Å²) in [5.41, 5.74) is -6.41. The maximum absolute atomic E-state index is 14.3. The molecule has 204 valence electrons. The SMILES string of the molecule is Fc1ccc(-c2cccc(C(CC(F)(F)F)(CC(F)(F)F)c3cccc(-c4ccc(F)nc4F)n3)n2)c(F)n1. The molecule has 0 fully saturated rings. The first-order valence-electron chi connectivity index (χ1n) is 10.9. The van der Waals surface area contributed by atoms with E-state index < -0.39 is 88.3 Å². The van der Waals surface area contributed by atoms with Crippen LogP contribution in [-0.2, 0) is 5.41 Å². The van der Waals surface area contributed by atoms with Gasteiger partial charge in [0.15, 0.2) is 0 Å². The molecule has 0 radical (unpaired) electrons.